The van der Waals surface area contributed by atoms with Crippen LogP contribution < -0.4 is 5.56 Å². The molecular weight excluding hydrogens is 518 g/mol. The van der Waals surface area contributed by atoms with E-state index < -0.39 is 21.6 Å². The van der Waals surface area contributed by atoms with Gasteiger partial charge in [-0.1, -0.05) is 25.1 Å². The van der Waals surface area contributed by atoms with Crippen molar-refractivity contribution in [1.29, 1.82) is 0 Å². The second kappa shape index (κ2) is 9.83. The topological polar surface area (TPSA) is 108 Å². The van der Waals surface area contributed by atoms with Gasteiger partial charge in [0.2, 0.25) is 10.0 Å². The Morgan fingerprint density at radius 1 is 1.15 bits per heavy atom. The summed E-state index contributed by atoms with van der Waals surface area (Å²) in [5.74, 6) is -0.490. The average molecular weight is 554 g/mol. The fourth-order valence-electron chi connectivity index (χ4n) is 6.01. The van der Waals surface area contributed by atoms with Gasteiger partial charge in [-0.2, -0.15) is 4.31 Å². The first-order valence-corrected chi connectivity index (χ1v) is 15.2. The van der Waals surface area contributed by atoms with E-state index in [1.807, 2.05) is 65.0 Å². The number of aromatic nitrogens is 2. The summed E-state index contributed by atoms with van der Waals surface area (Å²) in [6.07, 6.45) is 1.75. The number of hydrogen-bond acceptors (Lipinski definition) is 7. The maximum atomic E-state index is 13.9. The molecule has 4 heterocycles. The van der Waals surface area contributed by atoms with Crippen LogP contribution in [0.1, 0.15) is 63.3 Å². The molecule has 0 aliphatic carbocycles. The first kappa shape index (κ1) is 27.5. The average Bonchev–Trinajstić information content (AvgIpc) is 3.23. The number of hydrogen-bond donors (Lipinski definition) is 0. The summed E-state index contributed by atoms with van der Waals surface area (Å²) in [4.78, 5) is 31.9. The molecule has 2 aliphatic heterocycles. The molecule has 0 fully saturated rings. The van der Waals surface area contributed by atoms with Crippen LogP contribution >= 0.6 is 0 Å². The molecule has 2 aromatic heterocycles. The first-order chi connectivity index (χ1) is 18.4. The van der Waals surface area contributed by atoms with Crippen molar-refractivity contribution < 1.29 is 22.7 Å². The minimum atomic E-state index is -3.40. The van der Waals surface area contributed by atoms with Crippen LogP contribution in [0, 0.1) is 0 Å². The van der Waals surface area contributed by atoms with Crippen molar-refractivity contribution in [2.75, 3.05) is 12.8 Å². The van der Waals surface area contributed by atoms with Gasteiger partial charge in [-0.05, 0) is 58.2 Å². The SMILES string of the molecule is CC[C@@]1(OC(C)C)C(=O)OCc2c1cc1n(c2=O)Cc2c-1nc1ccccc1c2CCN(C(C)C)S(C)(=O)=O. The van der Waals surface area contributed by atoms with Crippen LogP contribution in [-0.2, 0) is 49.5 Å². The van der Waals surface area contributed by atoms with Crippen molar-refractivity contribution in [2.24, 2.45) is 0 Å². The summed E-state index contributed by atoms with van der Waals surface area (Å²) >= 11 is 0. The van der Waals surface area contributed by atoms with E-state index in [0.29, 0.717) is 48.4 Å². The smallest absolute Gasteiger partial charge is 0.343 e. The lowest BCUT2D eigenvalue weighted by atomic mass is 9.85. The summed E-state index contributed by atoms with van der Waals surface area (Å²) in [7, 11) is -3.40. The number of para-hydroxylation sites is 1. The van der Waals surface area contributed by atoms with E-state index >= 15 is 0 Å². The number of carbonyl (C=O) groups excluding carboxylic acids is 1. The number of cyclic esters (lactones) is 1. The Morgan fingerprint density at radius 3 is 2.51 bits per heavy atom. The standard InChI is InChI=1S/C29H35N3O6S/c1-7-29(38-18(4)5)23-14-25-26-21(15-31(25)27(33)22(23)16-37-28(29)34)19(20-10-8-9-11-24(20)30-26)12-13-32(17(2)3)39(6,35)36/h8-11,14,17-18H,7,12-13,15-16H2,1-6H3/t29-/m0/s1. The molecular formula is C29H35N3O6S. The third kappa shape index (κ3) is 4.48. The van der Waals surface area contributed by atoms with Crippen molar-refractivity contribution >= 4 is 26.9 Å². The second-order valence-electron chi connectivity index (χ2n) is 10.9. The van der Waals surface area contributed by atoms with E-state index in [2.05, 4.69) is 0 Å². The van der Waals surface area contributed by atoms with E-state index in [1.165, 1.54) is 10.6 Å². The number of pyridine rings is 2. The van der Waals surface area contributed by atoms with Crippen molar-refractivity contribution in [2.45, 2.75) is 78.4 Å². The number of carbonyl (C=O) groups is 1. The zero-order valence-corrected chi connectivity index (χ0v) is 24.1. The molecule has 9 nitrogen and oxygen atoms in total. The fraction of sp³-hybridized carbons (Fsp3) is 0.483. The summed E-state index contributed by atoms with van der Waals surface area (Å²) in [6, 6.07) is 9.44. The Kier molecular flexibility index (Phi) is 6.93. The van der Waals surface area contributed by atoms with Gasteiger partial charge in [0.1, 0.15) is 6.61 Å². The van der Waals surface area contributed by atoms with Crippen molar-refractivity contribution in [3.8, 4) is 11.4 Å². The Labute approximate surface area is 228 Å². The number of sulfonamides is 1. The van der Waals surface area contributed by atoms with Crippen LogP contribution in [0.15, 0.2) is 35.1 Å². The van der Waals surface area contributed by atoms with Gasteiger partial charge in [0.05, 0.1) is 41.4 Å². The highest BCUT2D eigenvalue weighted by atomic mass is 32.2. The highest BCUT2D eigenvalue weighted by molar-refractivity contribution is 7.88. The molecule has 10 heteroatoms. The number of nitrogens with zero attached hydrogens (tertiary/aromatic N) is 3. The van der Waals surface area contributed by atoms with Crippen molar-refractivity contribution in [3.63, 3.8) is 0 Å². The highest BCUT2D eigenvalue weighted by Crippen LogP contribution is 2.42. The molecule has 39 heavy (non-hydrogen) atoms. The first-order valence-electron chi connectivity index (χ1n) is 13.4. The Hall–Kier alpha value is -3.08. The summed E-state index contributed by atoms with van der Waals surface area (Å²) in [5.41, 5.74) is 3.29. The number of esters is 1. The molecule has 0 saturated carbocycles. The summed E-state index contributed by atoms with van der Waals surface area (Å²) < 4.78 is 39.8. The van der Waals surface area contributed by atoms with Crippen LogP contribution in [0.2, 0.25) is 0 Å². The molecule has 0 radical (unpaired) electrons. The molecule has 1 aromatic carbocycles. The fourth-order valence-corrected chi connectivity index (χ4v) is 7.20. The van der Waals surface area contributed by atoms with Crippen LogP contribution in [0.5, 0.6) is 0 Å². The minimum Gasteiger partial charge on any atom is -0.458 e. The van der Waals surface area contributed by atoms with Crippen molar-refractivity contribution in [1.82, 2.24) is 13.9 Å². The Balaban J connectivity index is 1.71. The predicted octanol–water partition coefficient (Wildman–Crippen LogP) is 3.72. The molecule has 0 spiro atoms. The molecule has 208 valence electrons. The van der Waals surface area contributed by atoms with E-state index in [9.17, 15) is 18.0 Å². The number of fused-ring (bicyclic) bond motifs is 5. The van der Waals surface area contributed by atoms with E-state index in [1.54, 1.807) is 4.57 Å². The summed E-state index contributed by atoms with van der Waals surface area (Å²) in [5, 5.41) is 0.934. The molecule has 1 atom stereocenters. The van der Waals surface area contributed by atoms with Gasteiger partial charge < -0.3 is 14.0 Å². The number of rotatable bonds is 8. The Morgan fingerprint density at radius 2 is 1.87 bits per heavy atom. The Bertz CT molecular complexity index is 1640. The maximum absolute atomic E-state index is 13.9. The minimum absolute atomic E-state index is 0.104. The number of ether oxygens (including phenoxy) is 2. The number of benzene rings is 1. The van der Waals surface area contributed by atoms with E-state index in [-0.39, 0.29) is 24.3 Å². The zero-order valence-electron chi connectivity index (χ0n) is 23.3. The second-order valence-corrected chi connectivity index (χ2v) is 12.8. The van der Waals surface area contributed by atoms with Gasteiger partial charge >= 0.3 is 5.97 Å². The largest absolute Gasteiger partial charge is 0.458 e. The quantitative estimate of drug-likeness (QED) is 0.306. The highest BCUT2D eigenvalue weighted by Gasteiger charge is 2.48. The molecule has 0 bridgehead atoms. The molecule has 3 aromatic rings. The lowest BCUT2D eigenvalue weighted by Gasteiger charge is -2.37. The summed E-state index contributed by atoms with van der Waals surface area (Å²) in [6.45, 7) is 9.79. The van der Waals surface area contributed by atoms with Gasteiger partial charge in [-0.3, -0.25) is 4.79 Å². The van der Waals surface area contributed by atoms with Crippen LogP contribution in [0.3, 0.4) is 0 Å². The zero-order chi connectivity index (χ0) is 28.3. The van der Waals surface area contributed by atoms with E-state index in [4.69, 9.17) is 14.5 Å². The van der Waals surface area contributed by atoms with Gasteiger partial charge in [-0.15, -0.1) is 0 Å². The van der Waals surface area contributed by atoms with Gasteiger partial charge in [0, 0.05) is 29.1 Å². The predicted molar refractivity (Wildman–Crippen MR) is 149 cm³/mol. The van der Waals surface area contributed by atoms with Gasteiger partial charge in [0.15, 0.2) is 5.60 Å². The molecule has 2 aliphatic rings. The van der Waals surface area contributed by atoms with Gasteiger partial charge in [-0.25, -0.2) is 18.2 Å². The normalized spacial score (nSPS) is 18.5. The molecule has 5 rings (SSSR count). The molecule has 0 N–H and O–H groups in total. The van der Waals surface area contributed by atoms with E-state index in [0.717, 1.165) is 22.0 Å². The monoisotopic (exact) mass is 553 g/mol. The molecule has 0 saturated heterocycles. The third-order valence-corrected chi connectivity index (χ3v) is 9.16. The van der Waals surface area contributed by atoms with Crippen LogP contribution in [0.4, 0.5) is 0 Å². The molecule has 0 amide bonds. The lowest BCUT2D eigenvalue weighted by Crippen LogP contribution is -2.47. The van der Waals surface area contributed by atoms with Crippen molar-refractivity contribution in [3.05, 3.63) is 62.9 Å². The molecule has 0 unspecified atom stereocenters. The van der Waals surface area contributed by atoms with Crippen LogP contribution in [0.25, 0.3) is 22.3 Å². The maximum Gasteiger partial charge on any atom is 0.343 e. The van der Waals surface area contributed by atoms with Gasteiger partial charge in [0.25, 0.3) is 5.56 Å². The van der Waals surface area contributed by atoms with Crippen LogP contribution in [-0.4, -0.2) is 53.2 Å². The lowest BCUT2D eigenvalue weighted by molar-refractivity contribution is -0.187. The third-order valence-electron chi connectivity index (χ3n) is 7.70.